The van der Waals surface area contributed by atoms with E-state index in [4.69, 9.17) is 0 Å². The molecule has 4 heteroatoms. The first-order chi connectivity index (χ1) is 6.72. The van der Waals surface area contributed by atoms with Crippen LogP contribution in [-0.2, 0) is 0 Å². The number of aromatic nitrogens is 3. The van der Waals surface area contributed by atoms with Gasteiger partial charge in [-0.25, -0.2) is 0 Å². The van der Waals surface area contributed by atoms with E-state index in [1.54, 1.807) is 18.3 Å². The quantitative estimate of drug-likeness (QED) is 0.782. The predicted molar refractivity (Wildman–Crippen MR) is 54.5 cm³/mol. The number of rotatable bonds is 2. The molecule has 1 atom stereocenters. The summed E-state index contributed by atoms with van der Waals surface area (Å²) in [5.41, 5.74) is 1.66. The Bertz CT molecular complexity index is 497. The summed E-state index contributed by atoms with van der Waals surface area (Å²) in [6, 6.07) is 3.42. The predicted octanol–water partition coefficient (Wildman–Crippen LogP) is 1.54. The van der Waals surface area contributed by atoms with Gasteiger partial charge in [-0.1, -0.05) is 13.8 Å². The van der Waals surface area contributed by atoms with Crippen LogP contribution in [0.25, 0.3) is 5.65 Å². The summed E-state index contributed by atoms with van der Waals surface area (Å²) in [5.74, 6) is 0.377. The number of fused-ring (bicyclic) bond motifs is 1. The van der Waals surface area contributed by atoms with Crippen LogP contribution in [0.15, 0.2) is 23.1 Å². The van der Waals surface area contributed by atoms with Gasteiger partial charge < -0.3 is 4.98 Å². The van der Waals surface area contributed by atoms with E-state index in [-0.39, 0.29) is 5.56 Å². The smallest absolute Gasteiger partial charge is 0.274 e. The Morgan fingerprint density at radius 2 is 2.43 bits per heavy atom. The molecule has 0 aromatic carbocycles. The molecular formula is C10H13N3O. The number of nitrogens with zero attached hydrogens (tertiary/aromatic N) is 2. The molecule has 2 aromatic rings. The molecule has 0 spiro atoms. The SMILES string of the molecule is CCC(C)c1cc(=O)n2nccc2[nH]1. The molecule has 0 bridgehead atoms. The van der Waals surface area contributed by atoms with Gasteiger partial charge in [0.1, 0.15) is 5.65 Å². The topological polar surface area (TPSA) is 50.2 Å². The fourth-order valence-electron chi connectivity index (χ4n) is 1.44. The van der Waals surface area contributed by atoms with Crippen LogP contribution < -0.4 is 5.56 Å². The fraction of sp³-hybridized carbons (Fsp3) is 0.400. The van der Waals surface area contributed by atoms with E-state index < -0.39 is 0 Å². The number of aromatic amines is 1. The lowest BCUT2D eigenvalue weighted by molar-refractivity contribution is 0.701. The Morgan fingerprint density at radius 3 is 3.14 bits per heavy atom. The Kier molecular flexibility index (Phi) is 2.11. The minimum Gasteiger partial charge on any atom is -0.343 e. The molecule has 74 valence electrons. The van der Waals surface area contributed by atoms with Crippen molar-refractivity contribution in [2.75, 3.05) is 0 Å². The first kappa shape index (κ1) is 8.99. The molecule has 0 radical (unpaired) electrons. The van der Waals surface area contributed by atoms with Crippen molar-refractivity contribution in [2.24, 2.45) is 0 Å². The zero-order valence-corrected chi connectivity index (χ0v) is 8.32. The second kappa shape index (κ2) is 3.29. The molecule has 2 heterocycles. The zero-order chi connectivity index (χ0) is 10.1. The summed E-state index contributed by atoms with van der Waals surface area (Å²) in [6.07, 6.45) is 2.63. The summed E-state index contributed by atoms with van der Waals surface area (Å²) in [7, 11) is 0. The Labute approximate surface area is 81.6 Å². The molecular weight excluding hydrogens is 178 g/mol. The van der Waals surface area contributed by atoms with Gasteiger partial charge in [-0.2, -0.15) is 9.61 Å². The molecule has 0 saturated heterocycles. The third kappa shape index (κ3) is 1.32. The maximum atomic E-state index is 11.6. The second-order valence-corrected chi connectivity index (χ2v) is 3.50. The van der Waals surface area contributed by atoms with E-state index in [0.29, 0.717) is 5.92 Å². The minimum absolute atomic E-state index is 0.0703. The highest BCUT2D eigenvalue weighted by Gasteiger charge is 2.06. The fourth-order valence-corrected chi connectivity index (χ4v) is 1.44. The molecule has 1 N–H and O–H groups in total. The van der Waals surface area contributed by atoms with Crippen molar-refractivity contribution in [1.82, 2.24) is 14.6 Å². The summed E-state index contributed by atoms with van der Waals surface area (Å²) in [6.45, 7) is 4.20. The van der Waals surface area contributed by atoms with E-state index >= 15 is 0 Å². The van der Waals surface area contributed by atoms with Gasteiger partial charge >= 0.3 is 0 Å². The van der Waals surface area contributed by atoms with Crippen LogP contribution in [-0.4, -0.2) is 14.6 Å². The highest BCUT2D eigenvalue weighted by Crippen LogP contribution is 2.14. The Morgan fingerprint density at radius 1 is 1.64 bits per heavy atom. The van der Waals surface area contributed by atoms with Gasteiger partial charge in [-0.3, -0.25) is 4.79 Å². The maximum Gasteiger partial charge on any atom is 0.274 e. The van der Waals surface area contributed by atoms with Gasteiger partial charge in [0.25, 0.3) is 5.56 Å². The summed E-state index contributed by atoms with van der Waals surface area (Å²) in [5, 5.41) is 3.92. The highest BCUT2D eigenvalue weighted by atomic mass is 16.1. The molecule has 0 aliphatic rings. The second-order valence-electron chi connectivity index (χ2n) is 3.50. The molecule has 0 saturated carbocycles. The van der Waals surface area contributed by atoms with Gasteiger partial charge in [0.15, 0.2) is 0 Å². The average Bonchev–Trinajstić information content (AvgIpc) is 2.64. The lowest BCUT2D eigenvalue weighted by Crippen LogP contribution is -2.16. The molecule has 4 nitrogen and oxygen atoms in total. The van der Waals surface area contributed by atoms with Crippen LogP contribution in [0.5, 0.6) is 0 Å². The highest BCUT2D eigenvalue weighted by molar-refractivity contribution is 5.36. The zero-order valence-electron chi connectivity index (χ0n) is 8.32. The Balaban J connectivity index is 2.64. The van der Waals surface area contributed by atoms with Gasteiger partial charge in [0.05, 0.1) is 6.20 Å². The molecule has 14 heavy (non-hydrogen) atoms. The lowest BCUT2D eigenvalue weighted by Gasteiger charge is -2.08. The standard InChI is InChI=1S/C10H13N3O/c1-3-7(2)8-6-10(14)13-9(12-8)4-5-11-13/h4-7,12H,3H2,1-2H3. The summed E-state index contributed by atoms with van der Waals surface area (Å²) >= 11 is 0. The molecule has 0 amide bonds. The van der Waals surface area contributed by atoms with Crippen molar-refractivity contribution >= 4 is 5.65 Å². The van der Waals surface area contributed by atoms with Crippen LogP contribution in [0.2, 0.25) is 0 Å². The third-order valence-corrected chi connectivity index (χ3v) is 2.55. The first-order valence-electron chi connectivity index (χ1n) is 4.79. The minimum atomic E-state index is -0.0703. The monoisotopic (exact) mass is 191 g/mol. The molecule has 2 aromatic heterocycles. The number of nitrogens with one attached hydrogen (secondary N) is 1. The van der Waals surface area contributed by atoms with Crippen molar-refractivity contribution in [1.29, 1.82) is 0 Å². The van der Waals surface area contributed by atoms with Gasteiger partial charge in [0, 0.05) is 17.8 Å². The van der Waals surface area contributed by atoms with Crippen molar-refractivity contribution in [3.63, 3.8) is 0 Å². The number of hydrogen-bond donors (Lipinski definition) is 1. The van der Waals surface area contributed by atoms with Gasteiger partial charge in [-0.05, 0) is 12.3 Å². The number of hydrogen-bond acceptors (Lipinski definition) is 2. The molecule has 0 aliphatic heterocycles. The van der Waals surface area contributed by atoms with Crippen LogP contribution in [0.1, 0.15) is 31.9 Å². The van der Waals surface area contributed by atoms with Crippen molar-refractivity contribution in [2.45, 2.75) is 26.2 Å². The van der Waals surface area contributed by atoms with E-state index in [1.165, 1.54) is 4.52 Å². The van der Waals surface area contributed by atoms with Crippen molar-refractivity contribution in [3.8, 4) is 0 Å². The van der Waals surface area contributed by atoms with Crippen LogP contribution in [0.4, 0.5) is 0 Å². The number of H-pyrrole nitrogens is 1. The lowest BCUT2D eigenvalue weighted by atomic mass is 10.1. The first-order valence-corrected chi connectivity index (χ1v) is 4.79. The van der Waals surface area contributed by atoms with Crippen molar-refractivity contribution < 1.29 is 0 Å². The van der Waals surface area contributed by atoms with Crippen LogP contribution in [0, 0.1) is 0 Å². The molecule has 2 rings (SSSR count). The molecule has 1 unspecified atom stereocenters. The maximum absolute atomic E-state index is 11.6. The van der Waals surface area contributed by atoms with Gasteiger partial charge in [-0.15, -0.1) is 0 Å². The van der Waals surface area contributed by atoms with Crippen LogP contribution in [0.3, 0.4) is 0 Å². The van der Waals surface area contributed by atoms with Crippen LogP contribution >= 0.6 is 0 Å². The van der Waals surface area contributed by atoms with E-state index in [9.17, 15) is 4.79 Å². The third-order valence-electron chi connectivity index (χ3n) is 2.55. The molecule has 0 fully saturated rings. The largest absolute Gasteiger partial charge is 0.343 e. The summed E-state index contributed by atoms with van der Waals surface area (Å²) < 4.78 is 1.37. The summed E-state index contributed by atoms with van der Waals surface area (Å²) in [4.78, 5) is 14.8. The van der Waals surface area contributed by atoms with E-state index in [1.807, 2.05) is 0 Å². The van der Waals surface area contributed by atoms with Gasteiger partial charge in [0.2, 0.25) is 0 Å². The van der Waals surface area contributed by atoms with E-state index in [2.05, 4.69) is 23.9 Å². The normalized spacial score (nSPS) is 13.3. The van der Waals surface area contributed by atoms with E-state index in [0.717, 1.165) is 17.8 Å². The molecule has 0 aliphatic carbocycles. The van der Waals surface area contributed by atoms with Crippen molar-refractivity contribution in [3.05, 3.63) is 34.4 Å². The Hall–Kier alpha value is -1.58. The average molecular weight is 191 g/mol.